The molecule has 4 saturated carbocycles. The van der Waals surface area contributed by atoms with Crippen LogP contribution in [0.5, 0.6) is 11.5 Å². The van der Waals surface area contributed by atoms with Gasteiger partial charge in [0.05, 0.1) is 0 Å². The van der Waals surface area contributed by atoms with Gasteiger partial charge >= 0.3 is 0 Å². The molecule has 0 unspecified atom stereocenters. The molecule has 0 bridgehead atoms. The van der Waals surface area contributed by atoms with Crippen LogP contribution in [0.1, 0.15) is 187 Å². The van der Waals surface area contributed by atoms with Crippen molar-refractivity contribution in [3.8, 4) is 11.5 Å². The number of phenolic OH excluding ortho intramolecular Hbond substituents is 2. The molecule has 4 aliphatic rings. The molecule has 8 heteroatoms. The molecule has 0 heterocycles. The van der Waals surface area contributed by atoms with Gasteiger partial charge in [-0.1, -0.05) is 98.6 Å². The van der Waals surface area contributed by atoms with Crippen LogP contribution >= 0.6 is 21.6 Å². The fraction of sp³-hybridized carbons (Fsp3) is 0.667. The Morgan fingerprint density at radius 2 is 0.740 bits per heavy atom. The second-order valence-corrected chi connectivity index (χ2v) is 18.3. The standard InChI is InChI=1S/C42H60N2O4S2/c45-39(43-33-25-35(29-13-5-1-6-14-29)41(47)36(26-33)30-15-7-2-8-16-30)21-23-49-50-24-22-40(46)44-34-27-37(31-17-9-3-10-18-31)42(48)38(28-34)32-19-11-4-12-20-32/h25-32,47-48H,1-24H2,(H,43,45)(H,44,46). The van der Waals surface area contributed by atoms with Crippen molar-refractivity contribution in [3.63, 3.8) is 0 Å². The topological polar surface area (TPSA) is 98.7 Å². The summed E-state index contributed by atoms with van der Waals surface area (Å²) in [6.07, 6.45) is 24.4. The van der Waals surface area contributed by atoms with E-state index >= 15 is 0 Å². The van der Waals surface area contributed by atoms with Crippen molar-refractivity contribution >= 4 is 44.8 Å². The van der Waals surface area contributed by atoms with Gasteiger partial charge < -0.3 is 20.8 Å². The van der Waals surface area contributed by atoms with Gasteiger partial charge in [-0.2, -0.15) is 0 Å². The van der Waals surface area contributed by atoms with Crippen LogP contribution in [0.4, 0.5) is 11.4 Å². The summed E-state index contributed by atoms with van der Waals surface area (Å²) in [5.41, 5.74) is 5.80. The SMILES string of the molecule is O=C(CCSSCCC(=O)Nc1cc(C2CCCCC2)c(O)c(C2CCCCC2)c1)Nc1cc(C2CCCCC2)c(O)c(C2CCCCC2)c1. The predicted octanol–water partition coefficient (Wildman–Crippen LogP) is 12.0. The Labute approximate surface area is 308 Å². The summed E-state index contributed by atoms with van der Waals surface area (Å²) in [6.45, 7) is 0. The fourth-order valence-corrected chi connectivity index (χ4v) is 11.2. The summed E-state index contributed by atoms with van der Waals surface area (Å²) in [4.78, 5) is 26.1. The van der Waals surface area contributed by atoms with Gasteiger partial charge in [0, 0.05) is 35.7 Å². The number of carbonyl (C=O) groups is 2. The number of nitrogens with one attached hydrogen (secondary N) is 2. The molecule has 2 amide bonds. The van der Waals surface area contributed by atoms with Gasteiger partial charge in [-0.05, 0) is 122 Å². The number of anilines is 2. The molecule has 0 radical (unpaired) electrons. The molecule has 0 aliphatic heterocycles. The molecule has 6 nitrogen and oxygen atoms in total. The lowest BCUT2D eigenvalue weighted by Crippen LogP contribution is -2.15. The molecular weight excluding hydrogens is 661 g/mol. The highest BCUT2D eigenvalue weighted by atomic mass is 33.1. The smallest absolute Gasteiger partial charge is 0.225 e. The zero-order valence-corrected chi connectivity index (χ0v) is 31.7. The lowest BCUT2D eigenvalue weighted by Gasteiger charge is -2.28. The first-order valence-electron chi connectivity index (χ1n) is 20.0. The molecule has 274 valence electrons. The number of benzene rings is 2. The highest BCUT2D eigenvalue weighted by molar-refractivity contribution is 8.76. The molecule has 50 heavy (non-hydrogen) atoms. The summed E-state index contributed by atoms with van der Waals surface area (Å²) in [6, 6.07) is 8.17. The number of rotatable bonds is 13. The molecule has 4 fully saturated rings. The third-order valence-corrected chi connectivity index (χ3v) is 14.4. The van der Waals surface area contributed by atoms with Crippen LogP contribution in [0, 0.1) is 0 Å². The minimum Gasteiger partial charge on any atom is -0.507 e. The van der Waals surface area contributed by atoms with Crippen LogP contribution in [-0.4, -0.2) is 33.5 Å². The maximum Gasteiger partial charge on any atom is 0.225 e. The van der Waals surface area contributed by atoms with Gasteiger partial charge in [-0.15, -0.1) is 0 Å². The van der Waals surface area contributed by atoms with Gasteiger partial charge in [0.1, 0.15) is 11.5 Å². The Bertz CT molecular complexity index is 1240. The van der Waals surface area contributed by atoms with E-state index in [0.29, 0.717) is 59.5 Å². The summed E-state index contributed by atoms with van der Waals surface area (Å²) in [5, 5.41) is 29.1. The van der Waals surface area contributed by atoms with Crippen molar-refractivity contribution in [3.05, 3.63) is 46.5 Å². The maximum absolute atomic E-state index is 13.0. The first-order valence-corrected chi connectivity index (χ1v) is 22.5. The van der Waals surface area contributed by atoms with E-state index in [4.69, 9.17) is 0 Å². The first-order chi connectivity index (χ1) is 24.5. The van der Waals surface area contributed by atoms with E-state index in [0.717, 1.165) is 85.0 Å². The third kappa shape index (κ3) is 10.2. The largest absolute Gasteiger partial charge is 0.507 e. The molecular formula is C42H60N2O4S2. The predicted molar refractivity (Wildman–Crippen MR) is 211 cm³/mol. The van der Waals surface area contributed by atoms with E-state index in [-0.39, 0.29) is 11.8 Å². The summed E-state index contributed by atoms with van der Waals surface area (Å²) in [7, 11) is 3.28. The minimum atomic E-state index is 0.000548. The average molecular weight is 721 g/mol. The first kappa shape index (κ1) is 37.4. The van der Waals surface area contributed by atoms with Crippen LogP contribution in [0.25, 0.3) is 0 Å². The molecule has 0 spiro atoms. The summed E-state index contributed by atoms with van der Waals surface area (Å²) >= 11 is 0. The average Bonchev–Trinajstić information content (AvgIpc) is 3.15. The molecule has 6 rings (SSSR count). The van der Waals surface area contributed by atoms with Crippen molar-refractivity contribution in [2.45, 2.75) is 165 Å². The van der Waals surface area contributed by atoms with Crippen LogP contribution in [0.2, 0.25) is 0 Å². The third-order valence-electron chi connectivity index (χ3n) is 12.0. The van der Waals surface area contributed by atoms with Crippen LogP contribution < -0.4 is 10.6 Å². The second kappa shape index (κ2) is 19.0. The van der Waals surface area contributed by atoms with E-state index in [2.05, 4.69) is 10.6 Å². The zero-order valence-electron chi connectivity index (χ0n) is 30.1. The molecule has 2 aromatic rings. The second-order valence-electron chi connectivity index (χ2n) is 15.6. The summed E-state index contributed by atoms with van der Waals surface area (Å²) < 4.78 is 0. The Morgan fingerprint density at radius 1 is 0.480 bits per heavy atom. The van der Waals surface area contributed by atoms with Crippen LogP contribution in [0.15, 0.2) is 24.3 Å². The fourth-order valence-electron chi connectivity index (χ4n) is 9.24. The maximum atomic E-state index is 13.0. The van der Waals surface area contributed by atoms with E-state index in [9.17, 15) is 19.8 Å². The summed E-state index contributed by atoms with van der Waals surface area (Å²) in [5.74, 6) is 3.82. The van der Waals surface area contributed by atoms with Gasteiger partial charge in [0.25, 0.3) is 0 Å². The Hall–Kier alpha value is -2.32. The monoisotopic (exact) mass is 720 g/mol. The quantitative estimate of drug-likeness (QED) is 0.0934. The number of amides is 2. The number of hydrogen-bond donors (Lipinski definition) is 4. The van der Waals surface area contributed by atoms with Crippen molar-refractivity contribution in [2.75, 3.05) is 22.1 Å². The molecule has 4 aliphatic carbocycles. The van der Waals surface area contributed by atoms with Gasteiger partial charge in [0.2, 0.25) is 11.8 Å². The van der Waals surface area contributed by atoms with E-state index < -0.39 is 0 Å². The van der Waals surface area contributed by atoms with Crippen molar-refractivity contribution in [2.24, 2.45) is 0 Å². The van der Waals surface area contributed by atoms with Gasteiger partial charge in [0.15, 0.2) is 0 Å². The minimum absolute atomic E-state index is 0.000548. The molecule has 0 saturated heterocycles. The number of phenols is 2. The Morgan fingerprint density at radius 3 is 1.00 bits per heavy atom. The van der Waals surface area contributed by atoms with E-state index in [1.807, 2.05) is 24.3 Å². The Balaban J connectivity index is 0.979. The molecule has 2 aromatic carbocycles. The molecule has 0 atom stereocenters. The van der Waals surface area contributed by atoms with Crippen molar-refractivity contribution < 1.29 is 19.8 Å². The lowest BCUT2D eigenvalue weighted by molar-refractivity contribution is -0.116. The van der Waals surface area contributed by atoms with Gasteiger partial charge in [-0.3, -0.25) is 9.59 Å². The van der Waals surface area contributed by atoms with Gasteiger partial charge in [-0.25, -0.2) is 0 Å². The van der Waals surface area contributed by atoms with Crippen molar-refractivity contribution in [1.29, 1.82) is 0 Å². The zero-order chi connectivity index (χ0) is 34.7. The highest BCUT2D eigenvalue weighted by Gasteiger charge is 2.28. The van der Waals surface area contributed by atoms with Crippen LogP contribution in [-0.2, 0) is 9.59 Å². The normalized spacial score (nSPS) is 20.1. The number of hydrogen-bond acceptors (Lipinski definition) is 6. The Kier molecular flexibility index (Phi) is 14.2. The molecule has 0 aromatic heterocycles. The molecule has 4 N–H and O–H groups in total. The van der Waals surface area contributed by atoms with E-state index in [1.54, 1.807) is 21.6 Å². The lowest BCUT2D eigenvalue weighted by atomic mass is 9.79. The van der Waals surface area contributed by atoms with Crippen LogP contribution in [0.3, 0.4) is 0 Å². The number of aromatic hydroxyl groups is 2. The number of carbonyl (C=O) groups excluding carboxylic acids is 2. The van der Waals surface area contributed by atoms with E-state index in [1.165, 1.54) is 77.0 Å². The highest BCUT2D eigenvalue weighted by Crippen LogP contribution is 2.47. The van der Waals surface area contributed by atoms with Crippen molar-refractivity contribution in [1.82, 2.24) is 0 Å².